The van der Waals surface area contributed by atoms with Gasteiger partial charge in [-0.05, 0) is 47.2 Å². The molecule has 5 aromatic rings. The number of nitrogens with zero attached hydrogens (tertiary/aromatic N) is 3. The number of aromatic nitrogens is 2. The van der Waals surface area contributed by atoms with Gasteiger partial charge < -0.3 is 4.42 Å². The van der Waals surface area contributed by atoms with Gasteiger partial charge in [0.1, 0.15) is 0 Å². The lowest BCUT2D eigenvalue weighted by Crippen LogP contribution is -2.29. The summed E-state index contributed by atoms with van der Waals surface area (Å²) < 4.78 is 5.86. The molecule has 0 fully saturated rings. The summed E-state index contributed by atoms with van der Waals surface area (Å²) in [6.45, 7) is 0. The lowest BCUT2D eigenvalue weighted by Gasteiger charge is -2.30. The Morgan fingerprint density at radius 1 is 0.818 bits per heavy atom. The normalized spacial score (nSPS) is 12.4. The van der Waals surface area contributed by atoms with Gasteiger partial charge in [-0.1, -0.05) is 78.1 Å². The molecule has 2 heterocycles. The molecule has 0 saturated carbocycles. The lowest BCUT2D eigenvalue weighted by molar-refractivity contribution is -0.115. The molecule has 0 unspecified atom stereocenters. The number of amides is 1. The molecular formula is C26H17N3O2S2. The van der Waals surface area contributed by atoms with Crippen LogP contribution in [0, 0.1) is 0 Å². The summed E-state index contributed by atoms with van der Waals surface area (Å²) in [5, 5.41) is 11.0. The molecule has 0 radical (unpaired) electrons. The van der Waals surface area contributed by atoms with Crippen LogP contribution in [0.5, 0.6) is 0 Å². The van der Waals surface area contributed by atoms with Crippen molar-refractivity contribution in [3.8, 4) is 11.5 Å². The number of anilines is 2. The number of thioether (sulfide) groups is 1. The lowest BCUT2D eigenvalue weighted by atomic mass is 10.1. The van der Waals surface area contributed by atoms with E-state index in [1.807, 2.05) is 78.9 Å². The van der Waals surface area contributed by atoms with Crippen molar-refractivity contribution in [1.29, 1.82) is 0 Å². The first-order valence-corrected chi connectivity index (χ1v) is 12.2. The van der Waals surface area contributed by atoms with Gasteiger partial charge in [-0.15, -0.1) is 10.2 Å². The van der Waals surface area contributed by atoms with Crippen LogP contribution in [0.4, 0.5) is 11.4 Å². The quantitative estimate of drug-likeness (QED) is 0.271. The monoisotopic (exact) mass is 467 g/mol. The SMILES string of the molecule is O=C(CSc1nnc(-c2ccc3ccccc3c2)o1)N1c2ccccc2Sc2ccccc21. The molecule has 1 amide bonds. The third-order valence-corrected chi connectivity index (χ3v) is 7.34. The maximum absolute atomic E-state index is 13.3. The first kappa shape index (κ1) is 20.1. The van der Waals surface area contributed by atoms with E-state index in [-0.39, 0.29) is 11.7 Å². The number of carbonyl (C=O) groups is 1. The van der Waals surface area contributed by atoms with Gasteiger partial charge in [0, 0.05) is 15.4 Å². The van der Waals surface area contributed by atoms with Gasteiger partial charge in [0.15, 0.2) is 0 Å². The van der Waals surface area contributed by atoms with Gasteiger partial charge in [-0.2, -0.15) is 0 Å². The molecular weight excluding hydrogens is 450 g/mol. The fourth-order valence-electron chi connectivity index (χ4n) is 3.87. The fraction of sp³-hybridized carbons (Fsp3) is 0.0385. The second kappa shape index (κ2) is 8.42. The van der Waals surface area contributed by atoms with Gasteiger partial charge >= 0.3 is 0 Å². The maximum atomic E-state index is 13.3. The Labute approximate surface area is 198 Å². The number of hydrogen-bond donors (Lipinski definition) is 0. The fourth-order valence-corrected chi connectivity index (χ4v) is 5.54. The zero-order valence-corrected chi connectivity index (χ0v) is 19.0. The van der Waals surface area contributed by atoms with Crippen LogP contribution in [-0.2, 0) is 4.79 Å². The molecule has 33 heavy (non-hydrogen) atoms. The second-order valence-electron chi connectivity index (χ2n) is 7.49. The van der Waals surface area contributed by atoms with Crippen molar-refractivity contribution in [2.75, 3.05) is 10.7 Å². The van der Waals surface area contributed by atoms with Crippen LogP contribution in [0.25, 0.3) is 22.2 Å². The average Bonchev–Trinajstić information content (AvgIpc) is 3.34. The van der Waals surface area contributed by atoms with Gasteiger partial charge in [0.05, 0.1) is 17.1 Å². The van der Waals surface area contributed by atoms with Crippen LogP contribution >= 0.6 is 23.5 Å². The molecule has 0 atom stereocenters. The first-order chi connectivity index (χ1) is 16.3. The molecule has 0 N–H and O–H groups in total. The van der Waals surface area contributed by atoms with Gasteiger partial charge in [0.25, 0.3) is 5.22 Å². The Bertz CT molecular complexity index is 1450. The number of benzene rings is 4. The predicted molar refractivity (Wildman–Crippen MR) is 132 cm³/mol. The molecule has 1 aliphatic heterocycles. The largest absolute Gasteiger partial charge is 0.411 e. The van der Waals surface area contributed by atoms with Crippen LogP contribution in [0.2, 0.25) is 0 Å². The van der Waals surface area contributed by atoms with Crippen molar-refractivity contribution in [2.24, 2.45) is 0 Å². The topological polar surface area (TPSA) is 59.2 Å². The molecule has 0 spiro atoms. The van der Waals surface area contributed by atoms with Gasteiger partial charge in [0.2, 0.25) is 11.8 Å². The third-order valence-electron chi connectivity index (χ3n) is 5.40. The minimum atomic E-state index is -0.0364. The molecule has 4 aromatic carbocycles. The highest BCUT2D eigenvalue weighted by atomic mass is 32.2. The van der Waals surface area contributed by atoms with Gasteiger partial charge in [-0.25, -0.2) is 0 Å². The number of fused-ring (bicyclic) bond motifs is 3. The van der Waals surface area contributed by atoms with Crippen molar-refractivity contribution >= 4 is 51.6 Å². The smallest absolute Gasteiger partial charge is 0.277 e. The van der Waals surface area contributed by atoms with Crippen molar-refractivity contribution < 1.29 is 9.21 Å². The predicted octanol–water partition coefficient (Wildman–Crippen LogP) is 6.81. The molecule has 0 bridgehead atoms. The Morgan fingerprint density at radius 3 is 2.24 bits per heavy atom. The van der Waals surface area contributed by atoms with Gasteiger partial charge in [-0.3, -0.25) is 9.69 Å². The highest BCUT2D eigenvalue weighted by molar-refractivity contribution is 8.00. The average molecular weight is 468 g/mol. The molecule has 7 heteroatoms. The summed E-state index contributed by atoms with van der Waals surface area (Å²) in [5.41, 5.74) is 2.65. The summed E-state index contributed by atoms with van der Waals surface area (Å²) in [7, 11) is 0. The van der Waals surface area contributed by atoms with Crippen molar-refractivity contribution in [3.63, 3.8) is 0 Å². The van der Waals surface area contributed by atoms with E-state index in [9.17, 15) is 4.79 Å². The molecule has 0 saturated heterocycles. The number of carbonyl (C=O) groups excluding carboxylic acids is 1. The van der Waals surface area contributed by atoms with Crippen molar-refractivity contribution in [3.05, 3.63) is 91.0 Å². The molecule has 1 aromatic heterocycles. The van der Waals surface area contributed by atoms with E-state index in [0.29, 0.717) is 11.1 Å². The summed E-state index contributed by atoms with van der Waals surface area (Å²) in [4.78, 5) is 17.2. The van der Waals surface area contributed by atoms with Crippen LogP contribution in [0.15, 0.2) is 110 Å². The standard InChI is InChI=1S/C26H17N3O2S2/c30-24(29-20-9-3-5-11-22(20)33-23-12-6-4-10-21(23)29)16-32-26-28-27-25(31-26)19-14-13-17-7-1-2-8-18(17)15-19/h1-15H,16H2. The maximum Gasteiger partial charge on any atom is 0.277 e. The summed E-state index contributed by atoms with van der Waals surface area (Å²) in [6.07, 6.45) is 0. The first-order valence-electron chi connectivity index (χ1n) is 10.4. The van der Waals surface area contributed by atoms with Crippen LogP contribution in [0.3, 0.4) is 0 Å². The van der Waals surface area contributed by atoms with Crippen LogP contribution < -0.4 is 4.90 Å². The van der Waals surface area contributed by atoms with E-state index in [0.717, 1.165) is 37.5 Å². The van der Waals surface area contributed by atoms with Crippen LogP contribution in [-0.4, -0.2) is 21.9 Å². The van der Waals surface area contributed by atoms with Crippen molar-refractivity contribution in [2.45, 2.75) is 15.0 Å². The molecule has 5 nitrogen and oxygen atoms in total. The van der Waals surface area contributed by atoms with E-state index in [2.05, 4.69) is 22.3 Å². The van der Waals surface area contributed by atoms with Crippen molar-refractivity contribution in [1.82, 2.24) is 10.2 Å². The number of rotatable bonds is 4. The van der Waals surface area contributed by atoms with E-state index in [4.69, 9.17) is 4.42 Å². The number of para-hydroxylation sites is 2. The van der Waals surface area contributed by atoms with Crippen LogP contribution in [0.1, 0.15) is 0 Å². The zero-order valence-electron chi connectivity index (χ0n) is 17.3. The molecule has 1 aliphatic rings. The molecule has 160 valence electrons. The minimum absolute atomic E-state index is 0.0364. The highest BCUT2D eigenvalue weighted by Gasteiger charge is 2.28. The summed E-state index contributed by atoms with van der Waals surface area (Å²) in [5.74, 6) is 0.596. The van der Waals surface area contributed by atoms with E-state index < -0.39 is 0 Å². The Balaban J connectivity index is 1.23. The van der Waals surface area contributed by atoms with E-state index in [1.165, 1.54) is 11.8 Å². The molecule has 0 aliphatic carbocycles. The Hall–Kier alpha value is -3.55. The summed E-state index contributed by atoms with van der Waals surface area (Å²) in [6, 6.07) is 30.1. The molecule has 6 rings (SSSR count). The van der Waals surface area contributed by atoms with E-state index >= 15 is 0 Å². The zero-order chi connectivity index (χ0) is 22.2. The Morgan fingerprint density at radius 2 is 1.48 bits per heavy atom. The Kier molecular flexibility index (Phi) is 5.13. The van der Waals surface area contributed by atoms with E-state index in [1.54, 1.807) is 16.7 Å². The highest BCUT2D eigenvalue weighted by Crippen LogP contribution is 2.48. The third kappa shape index (κ3) is 3.79. The second-order valence-corrected chi connectivity index (χ2v) is 9.50. The minimum Gasteiger partial charge on any atom is -0.411 e. The number of hydrogen-bond acceptors (Lipinski definition) is 6. The summed E-state index contributed by atoms with van der Waals surface area (Å²) >= 11 is 2.93.